The van der Waals surface area contributed by atoms with Crippen molar-refractivity contribution in [2.24, 2.45) is 0 Å². The molecule has 1 N–H and O–H groups in total. The maximum Gasteiger partial charge on any atom is 0.0547 e. The molecule has 1 aliphatic heterocycles. The second-order valence-corrected chi connectivity index (χ2v) is 6.60. The van der Waals surface area contributed by atoms with Gasteiger partial charge in [0.15, 0.2) is 0 Å². The molecule has 110 valence electrons. The molecular formula is C17H27N3. The predicted molar refractivity (Wildman–Crippen MR) is 82.7 cm³/mol. The molecule has 0 unspecified atom stereocenters. The molecule has 1 aliphatic carbocycles. The van der Waals surface area contributed by atoms with Gasteiger partial charge in [-0.1, -0.05) is 25.3 Å². The molecule has 0 atom stereocenters. The van der Waals surface area contributed by atoms with Gasteiger partial charge in [0, 0.05) is 24.3 Å². The van der Waals surface area contributed by atoms with E-state index in [0.717, 1.165) is 12.2 Å². The highest BCUT2D eigenvalue weighted by Gasteiger charge is 2.34. The van der Waals surface area contributed by atoms with E-state index in [2.05, 4.69) is 40.3 Å². The highest BCUT2D eigenvalue weighted by molar-refractivity contribution is 5.10. The molecule has 1 saturated heterocycles. The lowest BCUT2D eigenvalue weighted by atomic mass is 9.81. The van der Waals surface area contributed by atoms with Crippen LogP contribution < -0.4 is 5.32 Å². The van der Waals surface area contributed by atoms with Gasteiger partial charge in [-0.05, 0) is 51.4 Å². The van der Waals surface area contributed by atoms with Gasteiger partial charge in [-0.25, -0.2) is 0 Å². The lowest BCUT2D eigenvalue weighted by Crippen LogP contribution is -2.52. The van der Waals surface area contributed by atoms with Crippen LogP contribution in [0, 0.1) is 6.92 Å². The van der Waals surface area contributed by atoms with Crippen molar-refractivity contribution in [3.8, 4) is 0 Å². The molecule has 1 aromatic rings. The fraction of sp³-hybridized carbons (Fsp3) is 0.706. The monoisotopic (exact) mass is 273 g/mol. The summed E-state index contributed by atoms with van der Waals surface area (Å²) in [6, 6.07) is 6.37. The van der Waals surface area contributed by atoms with Crippen LogP contribution in [0.25, 0.3) is 0 Å². The Hall–Kier alpha value is -0.930. The summed E-state index contributed by atoms with van der Waals surface area (Å²) in [5.41, 5.74) is 2.74. The van der Waals surface area contributed by atoms with Crippen molar-refractivity contribution in [2.45, 2.75) is 57.5 Å². The van der Waals surface area contributed by atoms with E-state index in [1.165, 1.54) is 63.9 Å². The van der Waals surface area contributed by atoms with Gasteiger partial charge in [-0.2, -0.15) is 0 Å². The standard InChI is InChI=1S/C17H27N3/c1-15-7-5-8-16(19-15)13-20-12-6-11-18-17(14-20)9-3-2-4-10-17/h5,7-8,18H,2-4,6,9-14H2,1H3. The minimum atomic E-state index is 0.387. The van der Waals surface area contributed by atoms with Gasteiger partial charge >= 0.3 is 0 Å². The van der Waals surface area contributed by atoms with E-state index in [4.69, 9.17) is 0 Å². The van der Waals surface area contributed by atoms with E-state index in [1.54, 1.807) is 0 Å². The van der Waals surface area contributed by atoms with Crippen molar-refractivity contribution in [3.05, 3.63) is 29.6 Å². The Labute approximate surface area is 122 Å². The van der Waals surface area contributed by atoms with Crippen molar-refractivity contribution >= 4 is 0 Å². The predicted octanol–water partition coefficient (Wildman–Crippen LogP) is 2.89. The summed E-state index contributed by atoms with van der Waals surface area (Å²) in [5.74, 6) is 0. The third-order valence-corrected chi connectivity index (χ3v) is 4.82. The van der Waals surface area contributed by atoms with Gasteiger partial charge in [0.2, 0.25) is 0 Å². The lowest BCUT2D eigenvalue weighted by Gasteiger charge is -2.40. The third-order valence-electron chi connectivity index (χ3n) is 4.82. The fourth-order valence-electron chi connectivity index (χ4n) is 3.83. The van der Waals surface area contributed by atoms with Gasteiger partial charge in [0.1, 0.15) is 0 Å². The van der Waals surface area contributed by atoms with E-state index < -0.39 is 0 Å². The molecule has 3 nitrogen and oxygen atoms in total. The van der Waals surface area contributed by atoms with Crippen molar-refractivity contribution in [3.63, 3.8) is 0 Å². The highest BCUT2D eigenvalue weighted by atomic mass is 15.2. The van der Waals surface area contributed by atoms with E-state index in [0.29, 0.717) is 5.54 Å². The zero-order valence-corrected chi connectivity index (χ0v) is 12.7. The Bertz CT molecular complexity index is 438. The zero-order valence-electron chi connectivity index (χ0n) is 12.7. The summed E-state index contributed by atoms with van der Waals surface area (Å²) in [7, 11) is 0. The number of rotatable bonds is 2. The minimum Gasteiger partial charge on any atom is -0.310 e. The molecule has 0 amide bonds. The molecule has 2 fully saturated rings. The van der Waals surface area contributed by atoms with Crippen molar-refractivity contribution < 1.29 is 0 Å². The average Bonchev–Trinajstić information content (AvgIpc) is 2.62. The Morgan fingerprint density at radius 1 is 1.20 bits per heavy atom. The largest absolute Gasteiger partial charge is 0.310 e. The third kappa shape index (κ3) is 3.39. The second-order valence-electron chi connectivity index (χ2n) is 6.60. The SMILES string of the molecule is Cc1cccc(CN2CCCNC3(CCCCC3)C2)n1. The van der Waals surface area contributed by atoms with Crippen LogP contribution in [0.5, 0.6) is 0 Å². The summed E-state index contributed by atoms with van der Waals surface area (Å²) < 4.78 is 0. The molecule has 2 aliphatic rings. The van der Waals surface area contributed by atoms with Crippen LogP contribution >= 0.6 is 0 Å². The van der Waals surface area contributed by atoms with Gasteiger partial charge in [-0.15, -0.1) is 0 Å². The smallest absolute Gasteiger partial charge is 0.0547 e. The van der Waals surface area contributed by atoms with Crippen molar-refractivity contribution in [1.82, 2.24) is 15.2 Å². The number of aryl methyl sites for hydroxylation is 1. The molecule has 0 radical (unpaired) electrons. The molecule has 1 aromatic heterocycles. The van der Waals surface area contributed by atoms with Gasteiger partial charge in [-0.3, -0.25) is 9.88 Å². The van der Waals surface area contributed by atoms with Crippen LogP contribution in [0.3, 0.4) is 0 Å². The fourth-order valence-corrected chi connectivity index (χ4v) is 3.83. The molecular weight excluding hydrogens is 246 g/mol. The first-order chi connectivity index (χ1) is 9.76. The van der Waals surface area contributed by atoms with Crippen LogP contribution in [0.15, 0.2) is 18.2 Å². The summed E-state index contributed by atoms with van der Waals surface area (Å²) in [5, 5.41) is 3.86. The van der Waals surface area contributed by atoms with E-state index in [1.807, 2.05) is 0 Å². The first kappa shape index (κ1) is 14.0. The van der Waals surface area contributed by atoms with E-state index in [9.17, 15) is 0 Å². The van der Waals surface area contributed by atoms with Crippen molar-refractivity contribution in [1.29, 1.82) is 0 Å². The van der Waals surface area contributed by atoms with Gasteiger partial charge in [0.05, 0.1) is 5.69 Å². The molecule has 3 rings (SSSR count). The maximum atomic E-state index is 4.67. The van der Waals surface area contributed by atoms with Gasteiger partial charge < -0.3 is 5.32 Å². The summed E-state index contributed by atoms with van der Waals surface area (Å²) in [4.78, 5) is 7.29. The zero-order chi connectivity index (χ0) is 13.8. The molecule has 0 aromatic carbocycles. The molecule has 2 heterocycles. The lowest BCUT2D eigenvalue weighted by molar-refractivity contribution is 0.158. The van der Waals surface area contributed by atoms with Gasteiger partial charge in [0.25, 0.3) is 0 Å². The number of nitrogens with zero attached hydrogens (tertiary/aromatic N) is 2. The van der Waals surface area contributed by atoms with Crippen LogP contribution in [0.1, 0.15) is 49.9 Å². The van der Waals surface area contributed by atoms with Crippen LogP contribution in [0.2, 0.25) is 0 Å². The van der Waals surface area contributed by atoms with Crippen LogP contribution in [-0.2, 0) is 6.54 Å². The number of hydrogen-bond acceptors (Lipinski definition) is 3. The molecule has 1 saturated carbocycles. The quantitative estimate of drug-likeness (QED) is 0.898. The molecule has 20 heavy (non-hydrogen) atoms. The number of aromatic nitrogens is 1. The first-order valence-corrected chi connectivity index (χ1v) is 8.16. The summed E-state index contributed by atoms with van der Waals surface area (Å²) >= 11 is 0. The van der Waals surface area contributed by atoms with Crippen molar-refractivity contribution in [2.75, 3.05) is 19.6 Å². The Balaban J connectivity index is 1.68. The topological polar surface area (TPSA) is 28.2 Å². The molecule has 0 bridgehead atoms. The summed E-state index contributed by atoms with van der Waals surface area (Å²) in [6.45, 7) is 6.66. The Morgan fingerprint density at radius 3 is 2.85 bits per heavy atom. The number of hydrogen-bond donors (Lipinski definition) is 1. The second kappa shape index (κ2) is 6.23. The first-order valence-electron chi connectivity index (χ1n) is 8.16. The normalized spacial score (nSPS) is 23.6. The van der Waals surface area contributed by atoms with E-state index in [-0.39, 0.29) is 0 Å². The maximum absolute atomic E-state index is 4.67. The van der Waals surface area contributed by atoms with Crippen LogP contribution in [-0.4, -0.2) is 35.1 Å². The molecule has 3 heteroatoms. The van der Waals surface area contributed by atoms with E-state index >= 15 is 0 Å². The Morgan fingerprint density at radius 2 is 2.05 bits per heavy atom. The summed E-state index contributed by atoms with van der Waals surface area (Å²) in [6.07, 6.45) is 8.17. The van der Waals surface area contributed by atoms with Crippen LogP contribution in [0.4, 0.5) is 0 Å². The molecule has 1 spiro atoms. The average molecular weight is 273 g/mol. The Kier molecular flexibility index (Phi) is 4.37. The number of pyridine rings is 1. The highest BCUT2D eigenvalue weighted by Crippen LogP contribution is 2.30. The minimum absolute atomic E-state index is 0.387. The number of nitrogens with one attached hydrogen (secondary N) is 1.